The molecule has 0 radical (unpaired) electrons. The van der Waals surface area contributed by atoms with Gasteiger partial charge in [-0.25, -0.2) is 8.42 Å². The highest BCUT2D eigenvalue weighted by atomic mass is 32.2. The van der Waals surface area contributed by atoms with Crippen LogP contribution in [0.3, 0.4) is 0 Å². The van der Waals surface area contributed by atoms with Crippen LogP contribution >= 0.6 is 0 Å². The minimum absolute atomic E-state index is 0.00588. The summed E-state index contributed by atoms with van der Waals surface area (Å²) in [4.78, 5) is 15.7. The Bertz CT molecular complexity index is 875. The number of nitrogens with one attached hydrogen (secondary N) is 1. The van der Waals surface area contributed by atoms with Crippen LogP contribution in [0.5, 0.6) is 0 Å². The van der Waals surface area contributed by atoms with E-state index in [1.165, 1.54) is 19.3 Å². The summed E-state index contributed by atoms with van der Waals surface area (Å²) < 4.78 is 33.1. The van der Waals surface area contributed by atoms with Crippen LogP contribution < -0.4 is 5.32 Å². The second-order valence-electron chi connectivity index (χ2n) is 9.70. The number of nitrogens with zero attached hydrogens (tertiary/aromatic N) is 2. The van der Waals surface area contributed by atoms with Gasteiger partial charge in [-0.1, -0.05) is 26.2 Å². The number of carbonyl (C=O) groups excluding carboxylic acids is 1. The number of benzene rings is 1. The van der Waals surface area contributed by atoms with Gasteiger partial charge in [0, 0.05) is 43.8 Å². The van der Waals surface area contributed by atoms with Crippen molar-refractivity contribution in [3.8, 4) is 0 Å². The van der Waals surface area contributed by atoms with Crippen LogP contribution in [0.25, 0.3) is 0 Å². The first kappa shape index (κ1) is 23.7. The SMILES string of the molecule is CC1CCCN(S(=O)(=O)c2ccc(C(=O)NCC3(N4CCOCC4)CCCCC3)cc2)C1. The summed E-state index contributed by atoms with van der Waals surface area (Å²) in [5, 5.41) is 3.15. The van der Waals surface area contributed by atoms with Crippen molar-refractivity contribution in [2.75, 3.05) is 45.9 Å². The van der Waals surface area contributed by atoms with Crippen molar-refractivity contribution in [3.63, 3.8) is 0 Å². The van der Waals surface area contributed by atoms with Crippen LogP contribution in [0, 0.1) is 5.92 Å². The van der Waals surface area contributed by atoms with Gasteiger partial charge in [-0.05, 0) is 55.9 Å². The van der Waals surface area contributed by atoms with Crippen molar-refractivity contribution in [2.45, 2.75) is 62.3 Å². The van der Waals surface area contributed by atoms with Crippen molar-refractivity contribution in [3.05, 3.63) is 29.8 Å². The highest BCUT2D eigenvalue weighted by Crippen LogP contribution is 2.34. The molecule has 1 unspecified atom stereocenters. The Labute approximate surface area is 192 Å². The van der Waals surface area contributed by atoms with E-state index in [9.17, 15) is 13.2 Å². The van der Waals surface area contributed by atoms with E-state index in [0.29, 0.717) is 31.1 Å². The molecular weight excluding hydrogens is 426 g/mol. The first-order valence-corrected chi connectivity index (χ1v) is 13.6. The lowest BCUT2D eigenvalue weighted by molar-refractivity contribution is -0.0361. The number of hydrogen-bond acceptors (Lipinski definition) is 5. The van der Waals surface area contributed by atoms with Gasteiger partial charge in [-0.15, -0.1) is 0 Å². The zero-order valence-corrected chi connectivity index (χ0v) is 20.0. The maximum Gasteiger partial charge on any atom is 0.251 e. The third kappa shape index (κ3) is 5.19. The Kier molecular flexibility index (Phi) is 7.54. The molecule has 0 spiro atoms. The molecule has 178 valence electrons. The predicted molar refractivity (Wildman–Crippen MR) is 124 cm³/mol. The molecule has 1 N–H and O–H groups in total. The first-order chi connectivity index (χ1) is 15.4. The van der Waals surface area contributed by atoms with E-state index in [4.69, 9.17) is 4.74 Å². The Balaban J connectivity index is 1.41. The van der Waals surface area contributed by atoms with Gasteiger partial charge in [-0.3, -0.25) is 9.69 Å². The van der Waals surface area contributed by atoms with Crippen molar-refractivity contribution in [1.29, 1.82) is 0 Å². The minimum atomic E-state index is -3.51. The number of sulfonamides is 1. The van der Waals surface area contributed by atoms with Gasteiger partial charge in [0.25, 0.3) is 5.91 Å². The van der Waals surface area contributed by atoms with Crippen LogP contribution in [-0.4, -0.2) is 75.0 Å². The molecule has 3 aliphatic rings. The summed E-state index contributed by atoms with van der Waals surface area (Å²) in [6, 6.07) is 6.42. The normalized spacial score (nSPS) is 25.3. The van der Waals surface area contributed by atoms with E-state index in [1.807, 2.05) is 0 Å². The molecule has 1 aromatic carbocycles. The van der Waals surface area contributed by atoms with E-state index in [1.54, 1.807) is 28.6 Å². The Morgan fingerprint density at radius 1 is 1.06 bits per heavy atom. The van der Waals surface area contributed by atoms with Gasteiger partial charge in [-0.2, -0.15) is 4.31 Å². The van der Waals surface area contributed by atoms with E-state index in [-0.39, 0.29) is 16.3 Å². The van der Waals surface area contributed by atoms with Gasteiger partial charge < -0.3 is 10.1 Å². The Morgan fingerprint density at radius 2 is 1.75 bits per heavy atom. The Hall–Kier alpha value is -1.48. The first-order valence-electron chi connectivity index (χ1n) is 12.1. The molecule has 1 atom stereocenters. The summed E-state index contributed by atoms with van der Waals surface area (Å²) in [5.74, 6) is 0.237. The molecule has 2 heterocycles. The average molecular weight is 464 g/mol. The van der Waals surface area contributed by atoms with E-state index in [0.717, 1.165) is 52.0 Å². The van der Waals surface area contributed by atoms with Gasteiger partial charge in [0.2, 0.25) is 10.0 Å². The number of amides is 1. The molecule has 3 fully saturated rings. The van der Waals surface area contributed by atoms with Gasteiger partial charge in [0.15, 0.2) is 0 Å². The second-order valence-corrected chi connectivity index (χ2v) is 11.6. The fourth-order valence-electron chi connectivity index (χ4n) is 5.49. The lowest BCUT2D eigenvalue weighted by Crippen LogP contribution is -2.59. The number of ether oxygens (including phenoxy) is 1. The summed E-state index contributed by atoms with van der Waals surface area (Å²) in [5.41, 5.74) is 0.509. The standard InChI is InChI=1S/C24H37N3O4S/c1-20-6-5-13-27(18-20)32(29,30)22-9-7-21(8-10-22)23(28)25-19-24(11-3-2-4-12-24)26-14-16-31-17-15-26/h7-10,20H,2-6,11-19H2,1H3,(H,25,28). The highest BCUT2D eigenvalue weighted by Gasteiger charge is 2.39. The Morgan fingerprint density at radius 3 is 2.41 bits per heavy atom. The summed E-state index contributed by atoms with van der Waals surface area (Å²) in [7, 11) is -3.51. The molecular formula is C24H37N3O4S. The topological polar surface area (TPSA) is 79.0 Å². The molecule has 7 nitrogen and oxygen atoms in total. The third-order valence-corrected chi connectivity index (χ3v) is 9.30. The fourth-order valence-corrected chi connectivity index (χ4v) is 7.09. The maximum atomic E-state index is 13.0. The van der Waals surface area contributed by atoms with Crippen molar-refractivity contribution in [1.82, 2.24) is 14.5 Å². The van der Waals surface area contributed by atoms with Crippen LogP contribution in [-0.2, 0) is 14.8 Å². The van der Waals surface area contributed by atoms with E-state index in [2.05, 4.69) is 17.1 Å². The van der Waals surface area contributed by atoms with Crippen molar-refractivity contribution < 1.29 is 17.9 Å². The van der Waals surface area contributed by atoms with Crippen LogP contribution in [0.4, 0.5) is 0 Å². The molecule has 1 aliphatic carbocycles. The van der Waals surface area contributed by atoms with E-state index >= 15 is 0 Å². The third-order valence-electron chi connectivity index (χ3n) is 7.42. The zero-order valence-electron chi connectivity index (χ0n) is 19.2. The lowest BCUT2D eigenvalue weighted by atomic mass is 9.79. The molecule has 32 heavy (non-hydrogen) atoms. The molecule has 0 aromatic heterocycles. The predicted octanol–water partition coefficient (Wildman–Crippen LogP) is 2.87. The number of piperidine rings is 1. The number of rotatable bonds is 6. The molecule has 1 aromatic rings. The van der Waals surface area contributed by atoms with Crippen LogP contribution in [0.1, 0.15) is 62.2 Å². The molecule has 0 bridgehead atoms. The van der Waals surface area contributed by atoms with Gasteiger partial charge >= 0.3 is 0 Å². The maximum absolute atomic E-state index is 13.0. The summed E-state index contributed by atoms with van der Waals surface area (Å²) >= 11 is 0. The monoisotopic (exact) mass is 463 g/mol. The molecule has 1 saturated carbocycles. The van der Waals surface area contributed by atoms with Crippen molar-refractivity contribution >= 4 is 15.9 Å². The number of morpholine rings is 1. The minimum Gasteiger partial charge on any atom is -0.379 e. The molecule has 1 amide bonds. The van der Waals surface area contributed by atoms with Gasteiger partial charge in [0.05, 0.1) is 18.1 Å². The van der Waals surface area contributed by atoms with Gasteiger partial charge in [0.1, 0.15) is 0 Å². The molecule has 2 aliphatic heterocycles. The second kappa shape index (κ2) is 10.2. The zero-order chi connectivity index (χ0) is 22.6. The quantitative estimate of drug-likeness (QED) is 0.702. The fraction of sp³-hybridized carbons (Fsp3) is 0.708. The lowest BCUT2D eigenvalue weighted by Gasteiger charge is -2.48. The molecule has 8 heteroatoms. The number of hydrogen-bond donors (Lipinski definition) is 1. The van der Waals surface area contributed by atoms with E-state index < -0.39 is 10.0 Å². The van der Waals surface area contributed by atoms with Crippen LogP contribution in [0.2, 0.25) is 0 Å². The largest absolute Gasteiger partial charge is 0.379 e. The molecule has 4 rings (SSSR count). The average Bonchev–Trinajstić information content (AvgIpc) is 2.84. The summed E-state index contributed by atoms with van der Waals surface area (Å²) in [6.45, 7) is 7.17. The number of carbonyl (C=O) groups is 1. The van der Waals surface area contributed by atoms with Crippen LogP contribution in [0.15, 0.2) is 29.2 Å². The summed E-state index contributed by atoms with van der Waals surface area (Å²) in [6.07, 6.45) is 7.79. The van der Waals surface area contributed by atoms with Crippen molar-refractivity contribution in [2.24, 2.45) is 5.92 Å². The smallest absolute Gasteiger partial charge is 0.251 e. The highest BCUT2D eigenvalue weighted by molar-refractivity contribution is 7.89. The molecule has 2 saturated heterocycles.